The molecule has 9 heavy (non-hydrogen) atoms. The van der Waals surface area contributed by atoms with Crippen molar-refractivity contribution in [2.75, 3.05) is 40.4 Å². The number of likely N-dealkylation sites (N-methyl/N-ethyl adjacent to an activating group) is 1. The number of rotatable bonds is 4. The van der Waals surface area contributed by atoms with Crippen LogP contribution in [0.25, 0.3) is 0 Å². The van der Waals surface area contributed by atoms with Crippen LogP contribution in [0.1, 0.15) is 0 Å². The summed E-state index contributed by atoms with van der Waals surface area (Å²) in [6, 6.07) is 0. The molecule has 0 spiro atoms. The molecule has 0 rings (SSSR count). The summed E-state index contributed by atoms with van der Waals surface area (Å²) in [6.07, 6.45) is 1.22. The minimum atomic E-state index is 1.06. The molecule has 3 heteroatoms. The van der Waals surface area contributed by atoms with Gasteiger partial charge in [0.15, 0.2) is 0 Å². The van der Waals surface area contributed by atoms with Gasteiger partial charge in [0.05, 0.1) is 27.7 Å². The Balaban J connectivity index is 3.07. The topological polar surface area (TPSA) is 12.0 Å². The second-order valence-electron chi connectivity index (χ2n) is 3.37. The molecule has 0 aliphatic heterocycles. The van der Waals surface area contributed by atoms with Crippen molar-refractivity contribution in [3.63, 3.8) is 0 Å². The Morgan fingerprint density at radius 1 is 1.33 bits per heavy atom. The summed E-state index contributed by atoms with van der Waals surface area (Å²) in [4.78, 5) is 0. The van der Waals surface area contributed by atoms with Gasteiger partial charge in [-0.25, -0.2) is 0 Å². The molecule has 1 N–H and O–H groups in total. The number of nitrogens with one attached hydrogen (secondary N) is 1. The van der Waals surface area contributed by atoms with Crippen molar-refractivity contribution >= 4 is 10.2 Å². The molecule has 0 aromatic carbocycles. The smallest absolute Gasteiger partial charge is 0.0907 e. The molecule has 0 fully saturated rings. The fourth-order valence-electron chi connectivity index (χ4n) is 0.591. The molecule has 0 amide bonds. The molecule has 0 aliphatic carbocycles. The van der Waals surface area contributed by atoms with Crippen molar-refractivity contribution < 1.29 is 4.48 Å². The maximum atomic E-state index is 3.35. The van der Waals surface area contributed by atoms with Gasteiger partial charge in [0.25, 0.3) is 0 Å². The van der Waals surface area contributed by atoms with Crippen molar-refractivity contribution in [3.05, 3.63) is 0 Å². The molecular formula is C6H19N2Si+. The van der Waals surface area contributed by atoms with Crippen molar-refractivity contribution in [1.29, 1.82) is 0 Å². The van der Waals surface area contributed by atoms with Crippen LogP contribution in [0.5, 0.6) is 0 Å². The SMILES string of the molecule is C[N+](C)(C)CCNC[SiH3]. The fraction of sp³-hybridized carbons (Fsp3) is 1.00. The van der Waals surface area contributed by atoms with Crippen molar-refractivity contribution in [2.45, 2.75) is 0 Å². The third-order valence-electron chi connectivity index (χ3n) is 1.21. The molecule has 0 saturated carbocycles. The van der Waals surface area contributed by atoms with E-state index in [0.717, 1.165) is 11.0 Å². The van der Waals surface area contributed by atoms with Gasteiger partial charge < -0.3 is 9.80 Å². The highest BCUT2D eigenvalue weighted by Crippen LogP contribution is 1.85. The van der Waals surface area contributed by atoms with Crippen molar-refractivity contribution in [3.8, 4) is 0 Å². The van der Waals surface area contributed by atoms with Crippen LogP contribution in [-0.2, 0) is 0 Å². The second-order valence-corrected chi connectivity index (χ2v) is 4.07. The van der Waals surface area contributed by atoms with Crippen LogP contribution >= 0.6 is 0 Å². The van der Waals surface area contributed by atoms with Crippen LogP contribution in [0, 0.1) is 0 Å². The summed E-state index contributed by atoms with van der Waals surface area (Å²) >= 11 is 0. The van der Waals surface area contributed by atoms with Crippen LogP contribution in [0.4, 0.5) is 0 Å². The molecule has 0 atom stereocenters. The Kier molecular flexibility index (Phi) is 4.09. The Labute approximate surface area is 61.3 Å². The van der Waals surface area contributed by atoms with Gasteiger partial charge in [-0.05, 0) is 6.17 Å². The molecule has 56 valence electrons. The van der Waals surface area contributed by atoms with E-state index >= 15 is 0 Å². The summed E-state index contributed by atoms with van der Waals surface area (Å²) in [6.45, 7) is 2.38. The maximum Gasteiger partial charge on any atom is 0.0907 e. The Hall–Kier alpha value is 0.137. The van der Waals surface area contributed by atoms with Gasteiger partial charge in [-0.2, -0.15) is 0 Å². The van der Waals surface area contributed by atoms with E-state index in [4.69, 9.17) is 0 Å². The molecule has 2 nitrogen and oxygen atoms in total. The zero-order valence-corrected chi connectivity index (χ0v) is 9.07. The quantitative estimate of drug-likeness (QED) is 0.293. The van der Waals surface area contributed by atoms with Crippen molar-refractivity contribution in [2.24, 2.45) is 0 Å². The van der Waals surface area contributed by atoms with E-state index in [1.54, 1.807) is 0 Å². The first kappa shape index (κ1) is 9.14. The molecule has 0 saturated heterocycles. The highest BCUT2D eigenvalue weighted by Gasteiger charge is 2.03. The monoisotopic (exact) mass is 147 g/mol. The minimum Gasteiger partial charge on any atom is -0.330 e. The predicted octanol–water partition coefficient (Wildman–Crippen LogP) is -1.39. The van der Waals surface area contributed by atoms with E-state index < -0.39 is 0 Å². The first-order valence-electron chi connectivity index (χ1n) is 3.57. The highest BCUT2D eigenvalue weighted by atomic mass is 28.1. The fourth-order valence-corrected chi connectivity index (χ4v) is 0.945. The molecule has 0 unspecified atom stereocenters. The second kappa shape index (κ2) is 4.03. The summed E-state index contributed by atoms with van der Waals surface area (Å²) in [5, 5.41) is 3.35. The van der Waals surface area contributed by atoms with Crippen LogP contribution in [0.3, 0.4) is 0 Å². The lowest BCUT2D eigenvalue weighted by Gasteiger charge is -2.23. The van der Waals surface area contributed by atoms with E-state index in [0.29, 0.717) is 0 Å². The standard InChI is InChI=1S/C6H19N2Si/c1-8(2,3)5-4-7-6-9/h7H,4-6H2,1-3,9H3/q+1. The summed E-state index contributed by atoms with van der Waals surface area (Å²) < 4.78 is 1.06. The molecule has 0 radical (unpaired) electrons. The maximum absolute atomic E-state index is 3.35. The minimum absolute atomic E-state index is 1.06. The van der Waals surface area contributed by atoms with E-state index in [2.05, 4.69) is 26.5 Å². The first-order chi connectivity index (χ1) is 4.06. The lowest BCUT2D eigenvalue weighted by Crippen LogP contribution is -2.40. The van der Waals surface area contributed by atoms with Gasteiger partial charge in [-0.3, -0.25) is 0 Å². The summed E-state index contributed by atoms with van der Waals surface area (Å²) in [5.41, 5.74) is 0. The van der Waals surface area contributed by atoms with Crippen molar-refractivity contribution in [1.82, 2.24) is 5.32 Å². The number of hydrogen-bond donors (Lipinski definition) is 1. The molecule has 0 bridgehead atoms. The normalized spacial score (nSPS) is 12.3. The Bertz CT molecular complexity index is 67.9. The average molecular weight is 147 g/mol. The zero-order valence-electron chi connectivity index (χ0n) is 7.07. The van der Waals surface area contributed by atoms with E-state index in [1.807, 2.05) is 0 Å². The average Bonchev–Trinajstić information content (AvgIpc) is 1.63. The predicted molar refractivity (Wildman–Crippen MR) is 45.7 cm³/mol. The molecule has 0 aromatic heterocycles. The highest BCUT2D eigenvalue weighted by molar-refractivity contribution is 6.08. The largest absolute Gasteiger partial charge is 0.330 e. The van der Waals surface area contributed by atoms with Gasteiger partial charge in [0.1, 0.15) is 0 Å². The van der Waals surface area contributed by atoms with E-state index in [1.165, 1.54) is 23.0 Å². The van der Waals surface area contributed by atoms with Crippen LogP contribution in [0.15, 0.2) is 0 Å². The van der Waals surface area contributed by atoms with E-state index in [-0.39, 0.29) is 0 Å². The summed E-state index contributed by atoms with van der Waals surface area (Å²) in [5.74, 6) is 0. The van der Waals surface area contributed by atoms with Gasteiger partial charge >= 0.3 is 0 Å². The van der Waals surface area contributed by atoms with Gasteiger partial charge in [-0.15, -0.1) is 0 Å². The van der Waals surface area contributed by atoms with Crippen LogP contribution < -0.4 is 5.32 Å². The van der Waals surface area contributed by atoms with Crippen LogP contribution in [-0.4, -0.2) is 55.1 Å². The first-order valence-corrected chi connectivity index (χ1v) is 4.99. The van der Waals surface area contributed by atoms with Gasteiger partial charge in [0.2, 0.25) is 0 Å². The zero-order chi connectivity index (χ0) is 7.33. The summed E-state index contributed by atoms with van der Waals surface area (Å²) in [7, 11) is 7.92. The number of nitrogens with zero attached hydrogens (tertiary/aromatic N) is 1. The third kappa shape index (κ3) is 8.14. The molecular weight excluding hydrogens is 128 g/mol. The van der Waals surface area contributed by atoms with E-state index in [9.17, 15) is 0 Å². The van der Waals surface area contributed by atoms with Gasteiger partial charge in [-0.1, -0.05) is 0 Å². The molecule has 0 heterocycles. The van der Waals surface area contributed by atoms with Gasteiger partial charge in [0, 0.05) is 16.8 Å². The molecule has 0 aliphatic rings. The lowest BCUT2D eigenvalue weighted by molar-refractivity contribution is -0.869. The lowest BCUT2D eigenvalue weighted by atomic mass is 10.5. The molecule has 0 aromatic rings. The third-order valence-corrected chi connectivity index (χ3v) is 1.71. The Morgan fingerprint density at radius 2 is 1.89 bits per heavy atom. The number of hydrogen-bond acceptors (Lipinski definition) is 1. The van der Waals surface area contributed by atoms with Crippen LogP contribution in [0.2, 0.25) is 0 Å². The number of quaternary nitrogens is 1. The Morgan fingerprint density at radius 3 is 2.22 bits per heavy atom.